The number of hydrogen-bond donors (Lipinski definition) is 1. The second kappa shape index (κ2) is 4.40. The molecule has 3 aromatic rings. The number of nitrogens with one attached hydrogen (secondary N) is 1. The second-order valence-electron chi connectivity index (χ2n) is 4.97. The molecule has 3 nitrogen and oxygen atoms in total. The minimum atomic E-state index is 0.132. The van der Waals surface area contributed by atoms with E-state index in [1.54, 1.807) is 11.3 Å². The molecule has 1 aliphatic carbocycles. The van der Waals surface area contributed by atoms with E-state index < -0.39 is 0 Å². The molecule has 4 rings (SSSR count). The molecule has 100 valence electrons. The van der Waals surface area contributed by atoms with E-state index in [1.807, 2.05) is 34.9 Å². The SMILES string of the molecule is O=c1c2c(sc3c1[nH]c(=S)n3-c1ccccc1)CCC2. The van der Waals surface area contributed by atoms with Crippen LogP contribution in [0, 0.1) is 4.77 Å². The van der Waals surface area contributed by atoms with Crippen LogP contribution in [0.4, 0.5) is 0 Å². The number of para-hydroxylation sites is 1. The predicted octanol–water partition coefficient (Wildman–Crippen LogP) is 3.60. The molecule has 1 aliphatic rings. The number of aryl methyl sites for hydroxylation is 1. The maximum atomic E-state index is 12.5. The summed E-state index contributed by atoms with van der Waals surface area (Å²) in [5, 5.41) is 0. The van der Waals surface area contributed by atoms with Crippen LogP contribution in [0.3, 0.4) is 0 Å². The van der Waals surface area contributed by atoms with Crippen molar-refractivity contribution in [2.24, 2.45) is 0 Å². The molecule has 2 heterocycles. The zero-order valence-corrected chi connectivity index (χ0v) is 12.3. The van der Waals surface area contributed by atoms with Crippen molar-refractivity contribution in [1.82, 2.24) is 9.55 Å². The number of hydrogen-bond acceptors (Lipinski definition) is 3. The van der Waals surface area contributed by atoms with Crippen LogP contribution in [0.5, 0.6) is 0 Å². The second-order valence-corrected chi connectivity index (χ2v) is 6.44. The highest BCUT2D eigenvalue weighted by molar-refractivity contribution is 7.71. The molecule has 20 heavy (non-hydrogen) atoms. The van der Waals surface area contributed by atoms with Crippen molar-refractivity contribution >= 4 is 33.9 Å². The van der Waals surface area contributed by atoms with E-state index in [4.69, 9.17) is 12.2 Å². The molecule has 0 amide bonds. The lowest BCUT2D eigenvalue weighted by Gasteiger charge is -2.04. The van der Waals surface area contributed by atoms with Gasteiger partial charge in [-0.05, 0) is 43.6 Å². The maximum Gasteiger partial charge on any atom is 0.209 e. The molecular weight excluding hydrogens is 288 g/mol. The largest absolute Gasteiger partial charge is 0.326 e. The Kier molecular flexibility index (Phi) is 2.65. The monoisotopic (exact) mass is 300 g/mol. The van der Waals surface area contributed by atoms with Gasteiger partial charge in [0.15, 0.2) is 4.77 Å². The Morgan fingerprint density at radius 3 is 2.80 bits per heavy atom. The van der Waals surface area contributed by atoms with Crippen LogP contribution in [0.15, 0.2) is 35.1 Å². The Morgan fingerprint density at radius 1 is 1.20 bits per heavy atom. The summed E-state index contributed by atoms with van der Waals surface area (Å²) in [6.45, 7) is 0. The van der Waals surface area contributed by atoms with E-state index in [2.05, 4.69) is 4.98 Å². The molecule has 0 saturated carbocycles. The van der Waals surface area contributed by atoms with Gasteiger partial charge in [0.05, 0.1) is 0 Å². The molecule has 0 fully saturated rings. The van der Waals surface area contributed by atoms with E-state index in [0.717, 1.165) is 35.3 Å². The Labute approximate surface area is 124 Å². The highest BCUT2D eigenvalue weighted by atomic mass is 32.1. The number of benzene rings is 1. The molecule has 2 aromatic heterocycles. The van der Waals surface area contributed by atoms with Gasteiger partial charge in [0.2, 0.25) is 5.43 Å². The number of H-pyrrole nitrogens is 1. The normalized spacial score (nSPS) is 13.8. The highest BCUT2D eigenvalue weighted by Crippen LogP contribution is 2.30. The van der Waals surface area contributed by atoms with Gasteiger partial charge in [-0.15, -0.1) is 11.3 Å². The zero-order chi connectivity index (χ0) is 13.7. The van der Waals surface area contributed by atoms with Crippen molar-refractivity contribution in [2.75, 3.05) is 0 Å². The first-order valence-corrected chi connectivity index (χ1v) is 7.83. The molecule has 0 saturated heterocycles. The lowest BCUT2D eigenvalue weighted by molar-refractivity contribution is 0.913. The molecule has 1 aromatic carbocycles. The van der Waals surface area contributed by atoms with Gasteiger partial charge < -0.3 is 4.98 Å². The Morgan fingerprint density at radius 2 is 2.00 bits per heavy atom. The van der Waals surface area contributed by atoms with Gasteiger partial charge in [-0.3, -0.25) is 9.36 Å². The summed E-state index contributed by atoms with van der Waals surface area (Å²) in [7, 11) is 0. The van der Waals surface area contributed by atoms with Crippen LogP contribution in [0.1, 0.15) is 16.9 Å². The van der Waals surface area contributed by atoms with E-state index in [1.165, 1.54) is 4.88 Å². The molecule has 0 aliphatic heterocycles. The fourth-order valence-electron chi connectivity index (χ4n) is 2.82. The van der Waals surface area contributed by atoms with Gasteiger partial charge in [0.25, 0.3) is 0 Å². The quantitative estimate of drug-likeness (QED) is 0.697. The van der Waals surface area contributed by atoms with Gasteiger partial charge in [-0.25, -0.2) is 0 Å². The number of rotatable bonds is 1. The molecule has 0 bridgehead atoms. The van der Waals surface area contributed by atoms with Crippen LogP contribution in [-0.2, 0) is 12.8 Å². The average molecular weight is 300 g/mol. The first-order valence-electron chi connectivity index (χ1n) is 6.61. The predicted molar refractivity (Wildman–Crippen MR) is 84.6 cm³/mol. The number of aromatic nitrogens is 2. The van der Waals surface area contributed by atoms with Gasteiger partial charge in [-0.2, -0.15) is 0 Å². The standard InChI is InChI=1S/C15H12N2OS2/c18-13-10-7-4-8-11(10)20-14-12(13)16-15(19)17(14)9-5-2-1-3-6-9/h1-3,5-6H,4,7-8H2,(H,16,19). The third-order valence-electron chi connectivity index (χ3n) is 3.75. The fourth-order valence-corrected chi connectivity index (χ4v) is 4.51. The van der Waals surface area contributed by atoms with Gasteiger partial charge >= 0.3 is 0 Å². The summed E-state index contributed by atoms with van der Waals surface area (Å²) in [5.41, 5.74) is 2.77. The van der Waals surface area contributed by atoms with Crippen molar-refractivity contribution in [3.63, 3.8) is 0 Å². The van der Waals surface area contributed by atoms with Crippen LogP contribution < -0.4 is 5.43 Å². The lowest BCUT2D eigenvalue weighted by Crippen LogP contribution is -2.07. The van der Waals surface area contributed by atoms with Crippen LogP contribution in [-0.4, -0.2) is 9.55 Å². The Bertz CT molecular complexity index is 919. The minimum absolute atomic E-state index is 0.132. The van der Waals surface area contributed by atoms with Gasteiger partial charge in [-0.1, -0.05) is 18.2 Å². The smallest absolute Gasteiger partial charge is 0.209 e. The topological polar surface area (TPSA) is 37.8 Å². The summed E-state index contributed by atoms with van der Waals surface area (Å²) >= 11 is 7.11. The third-order valence-corrected chi connectivity index (χ3v) is 5.32. The van der Waals surface area contributed by atoms with Crippen molar-refractivity contribution in [3.05, 3.63) is 55.8 Å². The van der Waals surface area contributed by atoms with Crippen LogP contribution in [0.2, 0.25) is 0 Å². The van der Waals surface area contributed by atoms with Crippen LogP contribution in [0.25, 0.3) is 16.0 Å². The summed E-state index contributed by atoms with van der Waals surface area (Å²) in [6, 6.07) is 9.95. The summed E-state index contributed by atoms with van der Waals surface area (Å²) in [5.74, 6) is 0. The number of imidazole rings is 1. The first-order chi connectivity index (χ1) is 9.75. The third kappa shape index (κ3) is 1.63. The summed E-state index contributed by atoms with van der Waals surface area (Å²) in [4.78, 5) is 17.8. The molecule has 0 atom stereocenters. The molecule has 0 unspecified atom stereocenters. The minimum Gasteiger partial charge on any atom is -0.326 e. The van der Waals surface area contributed by atoms with Gasteiger partial charge in [0.1, 0.15) is 10.3 Å². The van der Waals surface area contributed by atoms with Crippen molar-refractivity contribution in [3.8, 4) is 5.69 Å². The van der Waals surface area contributed by atoms with Crippen molar-refractivity contribution < 1.29 is 0 Å². The summed E-state index contributed by atoms with van der Waals surface area (Å²) < 4.78 is 2.55. The summed E-state index contributed by atoms with van der Waals surface area (Å²) in [6.07, 6.45) is 3.00. The number of fused-ring (bicyclic) bond motifs is 2. The Balaban J connectivity index is 2.13. The van der Waals surface area contributed by atoms with E-state index in [9.17, 15) is 4.79 Å². The Hall–Kier alpha value is -1.72. The molecule has 5 heteroatoms. The van der Waals surface area contributed by atoms with Crippen LogP contribution >= 0.6 is 23.6 Å². The molecule has 1 N–H and O–H groups in total. The van der Waals surface area contributed by atoms with Gasteiger partial charge in [0, 0.05) is 16.1 Å². The number of nitrogens with zero attached hydrogens (tertiary/aromatic N) is 1. The molecule has 0 spiro atoms. The van der Waals surface area contributed by atoms with Crippen molar-refractivity contribution in [1.29, 1.82) is 0 Å². The maximum absolute atomic E-state index is 12.5. The molecular formula is C15H12N2OS2. The zero-order valence-electron chi connectivity index (χ0n) is 10.7. The van der Waals surface area contributed by atoms with E-state index >= 15 is 0 Å². The van der Waals surface area contributed by atoms with E-state index in [0.29, 0.717) is 10.3 Å². The first kappa shape index (κ1) is 12.1. The molecule has 0 radical (unpaired) electrons. The number of aromatic amines is 1. The lowest BCUT2D eigenvalue weighted by atomic mass is 10.2. The van der Waals surface area contributed by atoms with Crippen molar-refractivity contribution in [2.45, 2.75) is 19.3 Å². The van der Waals surface area contributed by atoms with E-state index in [-0.39, 0.29) is 5.43 Å². The fraction of sp³-hybridized carbons (Fsp3) is 0.200. The highest BCUT2D eigenvalue weighted by Gasteiger charge is 2.20. The average Bonchev–Trinajstić information content (AvgIpc) is 3.04.